The molecule has 190 valence electrons. The number of amides is 3. The van der Waals surface area contributed by atoms with Crippen molar-refractivity contribution in [3.8, 4) is 0 Å². The van der Waals surface area contributed by atoms with Crippen molar-refractivity contribution in [2.24, 2.45) is 5.92 Å². The monoisotopic (exact) mass is 493 g/mol. The fourth-order valence-electron chi connectivity index (χ4n) is 4.11. The van der Waals surface area contributed by atoms with Crippen molar-refractivity contribution in [2.45, 2.75) is 33.3 Å². The van der Waals surface area contributed by atoms with Crippen LogP contribution in [0.2, 0.25) is 0 Å². The van der Waals surface area contributed by atoms with Gasteiger partial charge in [0.2, 0.25) is 0 Å². The fraction of sp³-hybridized carbons (Fsp3) is 0.407. The van der Waals surface area contributed by atoms with E-state index in [2.05, 4.69) is 10.2 Å². The average Bonchev–Trinajstić information content (AvgIpc) is 3.12. The van der Waals surface area contributed by atoms with Gasteiger partial charge in [-0.1, -0.05) is 13.8 Å². The molecule has 4 rings (SSSR count). The molecule has 9 nitrogen and oxygen atoms in total. The third-order valence-electron chi connectivity index (χ3n) is 6.30. The highest BCUT2D eigenvalue weighted by molar-refractivity contribution is 6.22. The Hall–Kier alpha value is -3.72. The van der Waals surface area contributed by atoms with Crippen molar-refractivity contribution < 1.29 is 28.7 Å². The third kappa shape index (κ3) is 5.57. The predicted molar refractivity (Wildman–Crippen MR) is 134 cm³/mol. The number of ether oxygens (including phenoxy) is 2. The molecule has 3 amide bonds. The highest BCUT2D eigenvalue weighted by Gasteiger charge is 2.36. The lowest BCUT2D eigenvalue weighted by Gasteiger charge is -2.28. The number of fused-ring (bicyclic) bond motifs is 1. The Morgan fingerprint density at radius 3 is 2.31 bits per heavy atom. The second-order valence-electron chi connectivity index (χ2n) is 9.39. The minimum atomic E-state index is -1.07. The topological polar surface area (TPSA) is 105 Å². The Morgan fingerprint density at radius 2 is 1.64 bits per heavy atom. The Morgan fingerprint density at radius 1 is 0.972 bits per heavy atom. The Bertz CT molecular complexity index is 1150. The van der Waals surface area contributed by atoms with E-state index in [1.54, 1.807) is 12.1 Å². The van der Waals surface area contributed by atoms with Crippen LogP contribution in [0.4, 0.5) is 11.4 Å². The molecule has 1 fully saturated rings. The van der Waals surface area contributed by atoms with Crippen LogP contribution in [0.15, 0.2) is 42.5 Å². The zero-order valence-corrected chi connectivity index (χ0v) is 20.8. The average molecular weight is 494 g/mol. The first kappa shape index (κ1) is 25.4. The molecule has 0 unspecified atom stereocenters. The van der Waals surface area contributed by atoms with Gasteiger partial charge in [0.15, 0.2) is 6.10 Å². The number of rotatable bonds is 8. The molecule has 0 spiro atoms. The number of hydrogen-bond donors (Lipinski definition) is 1. The fourth-order valence-corrected chi connectivity index (χ4v) is 4.11. The summed E-state index contributed by atoms with van der Waals surface area (Å²) < 4.78 is 10.7. The van der Waals surface area contributed by atoms with Crippen LogP contribution in [0.25, 0.3) is 0 Å². The SMILES string of the molecule is CC(C)CCN1C(=O)c2ccc(C(=O)O[C@H](C)C(=O)Nc3ccc(N4CCOCC4)cc3)cc2C1=O. The van der Waals surface area contributed by atoms with Crippen LogP contribution >= 0.6 is 0 Å². The van der Waals surface area contributed by atoms with Crippen molar-refractivity contribution in [2.75, 3.05) is 43.1 Å². The summed E-state index contributed by atoms with van der Waals surface area (Å²) in [5, 5.41) is 2.75. The van der Waals surface area contributed by atoms with E-state index in [1.807, 2.05) is 26.0 Å². The molecule has 0 saturated carbocycles. The maximum absolute atomic E-state index is 12.7. The molecule has 1 N–H and O–H groups in total. The van der Waals surface area contributed by atoms with Crippen LogP contribution in [0.3, 0.4) is 0 Å². The second-order valence-corrected chi connectivity index (χ2v) is 9.39. The number of hydrogen-bond acceptors (Lipinski definition) is 7. The van der Waals surface area contributed by atoms with Crippen LogP contribution in [-0.2, 0) is 14.3 Å². The molecular formula is C27H31N3O6. The summed E-state index contributed by atoms with van der Waals surface area (Å²) >= 11 is 0. The first-order valence-electron chi connectivity index (χ1n) is 12.2. The van der Waals surface area contributed by atoms with Gasteiger partial charge in [0.25, 0.3) is 17.7 Å². The molecule has 0 aliphatic carbocycles. The van der Waals surface area contributed by atoms with E-state index < -0.39 is 23.9 Å². The number of nitrogens with one attached hydrogen (secondary N) is 1. The van der Waals surface area contributed by atoms with Crippen molar-refractivity contribution in [1.29, 1.82) is 0 Å². The maximum atomic E-state index is 12.7. The molecule has 9 heteroatoms. The zero-order valence-electron chi connectivity index (χ0n) is 20.8. The molecule has 2 heterocycles. The standard InChI is InChI=1S/C27H31N3O6/c1-17(2)10-11-30-25(32)22-9-4-19(16-23(22)26(30)33)27(34)36-18(3)24(31)28-20-5-7-21(8-6-20)29-12-14-35-15-13-29/h4-9,16-18H,10-15H2,1-3H3,(H,28,31)/t18-/m1/s1. The van der Waals surface area contributed by atoms with Gasteiger partial charge in [-0.25, -0.2) is 4.79 Å². The Labute approximate surface area is 210 Å². The minimum Gasteiger partial charge on any atom is -0.449 e. The molecule has 2 aromatic rings. The highest BCUT2D eigenvalue weighted by atomic mass is 16.5. The highest BCUT2D eigenvalue weighted by Crippen LogP contribution is 2.25. The molecule has 2 aliphatic rings. The summed E-state index contributed by atoms with van der Waals surface area (Å²) in [6, 6.07) is 11.7. The summed E-state index contributed by atoms with van der Waals surface area (Å²) in [6.07, 6.45) is -0.368. The molecule has 0 bridgehead atoms. The number of esters is 1. The normalized spacial score (nSPS) is 16.2. The van der Waals surface area contributed by atoms with Crippen LogP contribution < -0.4 is 10.2 Å². The van der Waals surface area contributed by atoms with Crippen LogP contribution in [0.5, 0.6) is 0 Å². The van der Waals surface area contributed by atoms with Gasteiger partial charge in [-0.2, -0.15) is 0 Å². The van der Waals surface area contributed by atoms with Crippen molar-refractivity contribution in [3.63, 3.8) is 0 Å². The van der Waals surface area contributed by atoms with Crippen LogP contribution in [0, 0.1) is 5.92 Å². The number of imide groups is 1. The van der Waals surface area contributed by atoms with E-state index in [-0.39, 0.29) is 22.6 Å². The number of nitrogens with zero attached hydrogens (tertiary/aromatic N) is 2. The van der Waals surface area contributed by atoms with Gasteiger partial charge in [-0.05, 0) is 61.7 Å². The van der Waals surface area contributed by atoms with Gasteiger partial charge in [0.1, 0.15) is 0 Å². The van der Waals surface area contributed by atoms with Crippen molar-refractivity contribution in [1.82, 2.24) is 4.90 Å². The summed E-state index contributed by atoms with van der Waals surface area (Å²) in [6.45, 7) is 8.85. The van der Waals surface area contributed by atoms with Gasteiger partial charge in [0, 0.05) is 31.0 Å². The van der Waals surface area contributed by atoms with Crippen LogP contribution in [-0.4, -0.2) is 67.5 Å². The van der Waals surface area contributed by atoms with Gasteiger partial charge < -0.3 is 19.7 Å². The van der Waals surface area contributed by atoms with E-state index in [1.165, 1.54) is 30.0 Å². The van der Waals surface area contributed by atoms with E-state index >= 15 is 0 Å². The lowest BCUT2D eigenvalue weighted by Crippen LogP contribution is -2.36. The number of carbonyl (C=O) groups excluding carboxylic acids is 4. The number of carbonyl (C=O) groups is 4. The van der Waals surface area contributed by atoms with Gasteiger partial charge in [-0.3, -0.25) is 19.3 Å². The number of morpholine rings is 1. The Kier molecular flexibility index (Phi) is 7.69. The summed E-state index contributed by atoms with van der Waals surface area (Å²) in [5.74, 6) is -1.66. The minimum absolute atomic E-state index is 0.107. The quantitative estimate of drug-likeness (QED) is 0.444. The van der Waals surface area contributed by atoms with E-state index in [4.69, 9.17) is 9.47 Å². The predicted octanol–water partition coefficient (Wildman–Crippen LogP) is 3.35. The van der Waals surface area contributed by atoms with Crippen molar-refractivity contribution >= 4 is 35.1 Å². The largest absolute Gasteiger partial charge is 0.449 e. The van der Waals surface area contributed by atoms with E-state index in [9.17, 15) is 19.2 Å². The first-order valence-corrected chi connectivity index (χ1v) is 12.2. The summed E-state index contributed by atoms with van der Waals surface area (Å²) in [5.41, 5.74) is 2.18. The van der Waals surface area contributed by atoms with Crippen LogP contribution in [0.1, 0.15) is 58.3 Å². The second kappa shape index (κ2) is 10.9. The van der Waals surface area contributed by atoms with Gasteiger partial charge in [-0.15, -0.1) is 0 Å². The maximum Gasteiger partial charge on any atom is 0.338 e. The Balaban J connectivity index is 1.35. The molecule has 2 aliphatic heterocycles. The molecule has 36 heavy (non-hydrogen) atoms. The molecule has 0 aromatic heterocycles. The van der Waals surface area contributed by atoms with E-state index in [0.717, 1.165) is 18.8 Å². The summed E-state index contributed by atoms with van der Waals surface area (Å²) in [7, 11) is 0. The first-order chi connectivity index (χ1) is 17.2. The summed E-state index contributed by atoms with van der Waals surface area (Å²) in [4.78, 5) is 54.0. The van der Waals surface area contributed by atoms with Crippen molar-refractivity contribution in [3.05, 3.63) is 59.2 Å². The third-order valence-corrected chi connectivity index (χ3v) is 6.30. The molecule has 0 radical (unpaired) electrons. The van der Waals surface area contributed by atoms with Gasteiger partial charge in [0.05, 0.1) is 29.9 Å². The zero-order chi connectivity index (χ0) is 25.8. The lowest BCUT2D eigenvalue weighted by atomic mass is 10.1. The molecule has 2 aromatic carbocycles. The van der Waals surface area contributed by atoms with Gasteiger partial charge >= 0.3 is 5.97 Å². The number of benzene rings is 2. The van der Waals surface area contributed by atoms with E-state index in [0.29, 0.717) is 37.8 Å². The smallest absolute Gasteiger partial charge is 0.338 e. The lowest BCUT2D eigenvalue weighted by molar-refractivity contribution is -0.123. The molecular weight excluding hydrogens is 462 g/mol. The molecule has 1 atom stereocenters. The molecule has 1 saturated heterocycles. The number of anilines is 2.